The Balaban J connectivity index is 1.70. The van der Waals surface area contributed by atoms with Crippen LogP contribution in [0, 0.1) is 0 Å². The molecule has 3 heterocycles. The molecule has 1 fully saturated rings. The summed E-state index contributed by atoms with van der Waals surface area (Å²) >= 11 is 1.88. The Morgan fingerprint density at radius 1 is 1.41 bits per heavy atom. The molecule has 0 bridgehead atoms. The number of aromatic nitrogens is 2. The summed E-state index contributed by atoms with van der Waals surface area (Å²) in [5.41, 5.74) is 0. The molecule has 22 heavy (non-hydrogen) atoms. The molecule has 118 valence electrons. The van der Waals surface area contributed by atoms with Crippen molar-refractivity contribution in [1.82, 2.24) is 15.1 Å². The molecule has 0 saturated carbocycles. The minimum Gasteiger partial charge on any atom is -0.317 e. The smallest absolute Gasteiger partial charge is 0.317 e. The van der Waals surface area contributed by atoms with Crippen LogP contribution in [-0.2, 0) is 6.18 Å². The number of hydrogen-bond donors (Lipinski definition) is 1. The lowest BCUT2D eigenvalue weighted by molar-refractivity contribution is -0.138. The quantitative estimate of drug-likeness (QED) is 0.893. The van der Waals surface area contributed by atoms with Crippen molar-refractivity contribution in [2.24, 2.45) is 0 Å². The van der Waals surface area contributed by atoms with Crippen molar-refractivity contribution in [3.05, 3.63) is 27.4 Å². The fraction of sp³-hybridized carbons (Fsp3) is 0.417. The topological polar surface area (TPSA) is 58.1 Å². The highest BCUT2D eigenvalue weighted by Crippen LogP contribution is 2.36. The number of thiophene rings is 1. The van der Waals surface area contributed by atoms with Gasteiger partial charge in [0.05, 0.1) is 6.04 Å². The summed E-state index contributed by atoms with van der Waals surface area (Å²) in [6.45, 7) is 0.569. The van der Waals surface area contributed by atoms with Crippen molar-refractivity contribution >= 4 is 33.8 Å². The van der Waals surface area contributed by atoms with Crippen LogP contribution in [0.15, 0.2) is 17.5 Å². The van der Waals surface area contributed by atoms with Gasteiger partial charge in [-0.15, -0.1) is 21.5 Å². The molecule has 1 aliphatic heterocycles. The Hall–Kier alpha value is -1.68. The fourth-order valence-electron chi connectivity index (χ4n) is 2.34. The number of rotatable bonds is 2. The predicted octanol–water partition coefficient (Wildman–Crippen LogP) is 3.99. The summed E-state index contributed by atoms with van der Waals surface area (Å²) in [6.07, 6.45) is -2.84. The van der Waals surface area contributed by atoms with Crippen LogP contribution >= 0.6 is 22.7 Å². The number of nitrogens with zero attached hydrogens (tertiary/aromatic N) is 3. The number of amides is 2. The molecule has 2 aromatic rings. The Labute approximate surface area is 131 Å². The van der Waals surface area contributed by atoms with Gasteiger partial charge in [-0.2, -0.15) is 13.2 Å². The molecule has 3 rings (SSSR count). The molecule has 0 unspecified atom stereocenters. The van der Waals surface area contributed by atoms with Crippen molar-refractivity contribution in [2.45, 2.75) is 25.1 Å². The molecular weight excluding hydrogens is 337 g/mol. The molecule has 5 nitrogen and oxygen atoms in total. The number of halogens is 3. The van der Waals surface area contributed by atoms with Crippen LogP contribution in [0.4, 0.5) is 23.1 Å². The van der Waals surface area contributed by atoms with Crippen molar-refractivity contribution in [3.8, 4) is 0 Å². The van der Waals surface area contributed by atoms with E-state index in [0.717, 1.165) is 17.7 Å². The van der Waals surface area contributed by atoms with Crippen LogP contribution in [0.5, 0.6) is 0 Å². The fourth-order valence-corrected chi connectivity index (χ4v) is 3.81. The maximum Gasteiger partial charge on any atom is 0.445 e. The van der Waals surface area contributed by atoms with Gasteiger partial charge in [-0.05, 0) is 24.3 Å². The second-order valence-electron chi connectivity index (χ2n) is 4.71. The zero-order valence-electron chi connectivity index (χ0n) is 11.1. The van der Waals surface area contributed by atoms with Gasteiger partial charge in [-0.25, -0.2) is 4.79 Å². The molecule has 10 heteroatoms. The Morgan fingerprint density at radius 2 is 2.23 bits per heavy atom. The summed E-state index contributed by atoms with van der Waals surface area (Å²) in [6, 6.07) is 3.39. The van der Waals surface area contributed by atoms with E-state index in [2.05, 4.69) is 15.5 Å². The van der Waals surface area contributed by atoms with E-state index < -0.39 is 17.2 Å². The summed E-state index contributed by atoms with van der Waals surface area (Å²) < 4.78 is 37.4. The molecule has 0 radical (unpaired) electrons. The molecule has 1 atom stereocenters. The number of carbonyl (C=O) groups excluding carboxylic acids is 1. The third-order valence-corrected chi connectivity index (χ3v) is 5.12. The highest BCUT2D eigenvalue weighted by molar-refractivity contribution is 7.15. The largest absolute Gasteiger partial charge is 0.445 e. The SMILES string of the molecule is O=C(Nc1nnc(C(F)(F)F)s1)N1CCC[C@@H]1c1cccs1. The van der Waals surface area contributed by atoms with Crippen molar-refractivity contribution in [2.75, 3.05) is 11.9 Å². The van der Waals surface area contributed by atoms with E-state index in [4.69, 9.17) is 0 Å². The standard InChI is InChI=1S/C12H11F3N4OS2/c13-12(14,15)9-17-18-10(22-9)16-11(20)19-5-1-3-7(19)8-4-2-6-21-8/h2,4,6-7H,1,3,5H2,(H,16,18,20)/t7-/m1/s1. The number of anilines is 1. The summed E-state index contributed by atoms with van der Waals surface area (Å²) in [5.74, 6) is 0. The Morgan fingerprint density at radius 3 is 2.86 bits per heavy atom. The van der Waals surface area contributed by atoms with Gasteiger partial charge in [0.25, 0.3) is 0 Å². The van der Waals surface area contributed by atoms with E-state index in [1.807, 2.05) is 17.5 Å². The van der Waals surface area contributed by atoms with Crippen LogP contribution in [0.25, 0.3) is 0 Å². The van der Waals surface area contributed by atoms with Gasteiger partial charge in [0.15, 0.2) is 0 Å². The maximum absolute atomic E-state index is 12.5. The monoisotopic (exact) mass is 348 g/mol. The summed E-state index contributed by atoms with van der Waals surface area (Å²) in [7, 11) is 0. The first-order chi connectivity index (χ1) is 10.4. The third-order valence-electron chi connectivity index (χ3n) is 3.27. The summed E-state index contributed by atoms with van der Waals surface area (Å²) in [5, 5.41) is 9.55. The first-order valence-corrected chi connectivity index (χ1v) is 8.16. The summed E-state index contributed by atoms with van der Waals surface area (Å²) in [4.78, 5) is 15.0. The van der Waals surface area contributed by atoms with Gasteiger partial charge in [0.1, 0.15) is 0 Å². The van der Waals surface area contributed by atoms with Crippen LogP contribution in [0.1, 0.15) is 28.8 Å². The number of nitrogens with one attached hydrogen (secondary N) is 1. The average Bonchev–Trinajstić information content (AvgIpc) is 3.18. The van der Waals surface area contributed by atoms with Gasteiger partial charge in [-0.1, -0.05) is 17.4 Å². The second-order valence-corrected chi connectivity index (χ2v) is 6.66. The molecule has 1 N–H and O–H groups in total. The van der Waals surface area contributed by atoms with E-state index in [1.54, 1.807) is 16.2 Å². The first kappa shape index (κ1) is 15.2. The lowest BCUT2D eigenvalue weighted by Crippen LogP contribution is -2.34. The highest BCUT2D eigenvalue weighted by Gasteiger charge is 2.36. The third kappa shape index (κ3) is 3.07. The zero-order valence-corrected chi connectivity index (χ0v) is 12.8. The van der Waals surface area contributed by atoms with E-state index in [9.17, 15) is 18.0 Å². The number of alkyl halides is 3. The molecule has 0 aliphatic carbocycles. The number of likely N-dealkylation sites (tertiary alicyclic amines) is 1. The molecule has 1 aliphatic rings. The van der Waals surface area contributed by atoms with Gasteiger partial charge in [0, 0.05) is 11.4 Å². The lowest BCUT2D eigenvalue weighted by atomic mass is 10.2. The maximum atomic E-state index is 12.5. The van der Waals surface area contributed by atoms with Crippen LogP contribution in [0.3, 0.4) is 0 Å². The van der Waals surface area contributed by atoms with Gasteiger partial charge in [0.2, 0.25) is 10.1 Å². The highest BCUT2D eigenvalue weighted by atomic mass is 32.1. The Bertz CT molecular complexity index is 656. The van der Waals surface area contributed by atoms with Gasteiger partial charge < -0.3 is 4.90 Å². The molecule has 2 amide bonds. The lowest BCUT2D eigenvalue weighted by Gasteiger charge is -2.23. The zero-order chi connectivity index (χ0) is 15.7. The van der Waals surface area contributed by atoms with Crippen molar-refractivity contribution in [1.29, 1.82) is 0 Å². The van der Waals surface area contributed by atoms with Gasteiger partial charge in [-0.3, -0.25) is 5.32 Å². The van der Waals surface area contributed by atoms with Crippen LogP contribution in [-0.4, -0.2) is 27.7 Å². The van der Waals surface area contributed by atoms with E-state index in [-0.39, 0.29) is 11.2 Å². The minimum absolute atomic E-state index is 0.0324. The van der Waals surface area contributed by atoms with Gasteiger partial charge >= 0.3 is 12.2 Å². The molecule has 2 aromatic heterocycles. The molecular formula is C12H11F3N4OS2. The van der Waals surface area contributed by atoms with E-state index >= 15 is 0 Å². The number of urea groups is 1. The normalized spacial score (nSPS) is 18.7. The van der Waals surface area contributed by atoms with E-state index in [0.29, 0.717) is 17.9 Å². The van der Waals surface area contributed by atoms with Crippen molar-refractivity contribution in [3.63, 3.8) is 0 Å². The minimum atomic E-state index is -4.55. The predicted molar refractivity (Wildman–Crippen MR) is 76.9 cm³/mol. The Kier molecular flexibility index (Phi) is 4.04. The number of carbonyl (C=O) groups is 1. The molecule has 0 aromatic carbocycles. The first-order valence-electron chi connectivity index (χ1n) is 6.47. The molecule has 0 spiro atoms. The number of hydrogen-bond acceptors (Lipinski definition) is 5. The molecule has 1 saturated heterocycles. The van der Waals surface area contributed by atoms with E-state index in [1.165, 1.54) is 0 Å². The second kappa shape index (κ2) is 5.84. The van der Waals surface area contributed by atoms with Crippen molar-refractivity contribution < 1.29 is 18.0 Å². The van der Waals surface area contributed by atoms with Crippen LogP contribution < -0.4 is 5.32 Å². The van der Waals surface area contributed by atoms with Crippen LogP contribution in [0.2, 0.25) is 0 Å². The average molecular weight is 348 g/mol.